The van der Waals surface area contributed by atoms with Gasteiger partial charge in [-0.05, 0) is 50.5 Å². The van der Waals surface area contributed by atoms with Gasteiger partial charge < -0.3 is 10.2 Å². The zero-order valence-corrected chi connectivity index (χ0v) is 13.9. The van der Waals surface area contributed by atoms with Crippen molar-refractivity contribution in [1.29, 1.82) is 0 Å². The molecular formula is C18H32N2O. The summed E-state index contributed by atoms with van der Waals surface area (Å²) in [7, 11) is 0. The number of amides is 1. The van der Waals surface area contributed by atoms with Gasteiger partial charge in [0.05, 0.1) is 0 Å². The summed E-state index contributed by atoms with van der Waals surface area (Å²) < 4.78 is 0. The van der Waals surface area contributed by atoms with Gasteiger partial charge >= 0.3 is 0 Å². The Morgan fingerprint density at radius 3 is 2.62 bits per heavy atom. The third kappa shape index (κ3) is 3.13. The molecule has 2 saturated heterocycles. The fourth-order valence-corrected chi connectivity index (χ4v) is 4.95. The second-order valence-corrected chi connectivity index (χ2v) is 8.43. The van der Waals surface area contributed by atoms with Crippen molar-refractivity contribution < 1.29 is 4.79 Å². The summed E-state index contributed by atoms with van der Waals surface area (Å²) >= 11 is 0. The Balaban J connectivity index is 1.69. The number of hydrogen-bond donors (Lipinski definition) is 1. The molecular weight excluding hydrogens is 260 g/mol. The SMILES string of the molecule is CC1(C)CCCCC1C(=O)N1CCCC2(CCCNC2)C1. The third-order valence-corrected chi connectivity index (χ3v) is 6.34. The summed E-state index contributed by atoms with van der Waals surface area (Å²) in [6.45, 7) is 8.88. The lowest BCUT2D eigenvalue weighted by molar-refractivity contribution is -0.145. The molecule has 0 radical (unpaired) electrons. The molecule has 1 aliphatic carbocycles. The van der Waals surface area contributed by atoms with Gasteiger partial charge in [0.15, 0.2) is 0 Å². The van der Waals surface area contributed by atoms with Crippen LogP contribution in [-0.2, 0) is 4.79 Å². The molecule has 3 heteroatoms. The van der Waals surface area contributed by atoms with Gasteiger partial charge in [0, 0.05) is 31.0 Å². The van der Waals surface area contributed by atoms with Gasteiger partial charge in [-0.3, -0.25) is 4.79 Å². The first kappa shape index (κ1) is 15.3. The lowest BCUT2D eigenvalue weighted by Gasteiger charge is -2.48. The smallest absolute Gasteiger partial charge is 0.226 e. The van der Waals surface area contributed by atoms with Crippen molar-refractivity contribution in [2.24, 2.45) is 16.7 Å². The molecule has 2 atom stereocenters. The van der Waals surface area contributed by atoms with Crippen molar-refractivity contribution in [3.8, 4) is 0 Å². The molecule has 0 aromatic heterocycles. The Kier molecular flexibility index (Phi) is 4.31. The van der Waals surface area contributed by atoms with E-state index in [9.17, 15) is 4.79 Å². The summed E-state index contributed by atoms with van der Waals surface area (Å²) in [5, 5.41) is 3.56. The monoisotopic (exact) mass is 292 g/mol. The molecule has 2 heterocycles. The molecule has 3 nitrogen and oxygen atoms in total. The van der Waals surface area contributed by atoms with Crippen LogP contribution in [0.4, 0.5) is 0 Å². The van der Waals surface area contributed by atoms with Crippen molar-refractivity contribution in [2.75, 3.05) is 26.2 Å². The molecule has 1 N–H and O–H groups in total. The normalized spacial score (nSPS) is 36.7. The first-order valence-electron chi connectivity index (χ1n) is 9.02. The maximum atomic E-state index is 13.1. The van der Waals surface area contributed by atoms with Crippen LogP contribution in [0.2, 0.25) is 0 Å². The van der Waals surface area contributed by atoms with E-state index in [2.05, 4.69) is 24.1 Å². The van der Waals surface area contributed by atoms with E-state index in [1.807, 2.05) is 0 Å². The molecule has 2 unspecified atom stereocenters. The zero-order chi connectivity index (χ0) is 14.9. The van der Waals surface area contributed by atoms with Gasteiger partial charge in [0.2, 0.25) is 5.91 Å². The number of nitrogens with zero attached hydrogens (tertiary/aromatic N) is 1. The van der Waals surface area contributed by atoms with Gasteiger partial charge in [0.1, 0.15) is 0 Å². The van der Waals surface area contributed by atoms with Crippen LogP contribution in [0.25, 0.3) is 0 Å². The summed E-state index contributed by atoms with van der Waals surface area (Å²) in [6.07, 6.45) is 9.93. The van der Waals surface area contributed by atoms with E-state index in [-0.39, 0.29) is 11.3 Å². The topological polar surface area (TPSA) is 32.3 Å². The van der Waals surface area contributed by atoms with E-state index < -0.39 is 0 Å². The average Bonchev–Trinajstić information content (AvgIpc) is 2.47. The number of hydrogen-bond acceptors (Lipinski definition) is 2. The van der Waals surface area contributed by atoms with Gasteiger partial charge in [-0.2, -0.15) is 0 Å². The second-order valence-electron chi connectivity index (χ2n) is 8.43. The van der Waals surface area contributed by atoms with Crippen LogP contribution in [0, 0.1) is 16.7 Å². The minimum atomic E-state index is 0.199. The standard InChI is InChI=1S/C18H32N2O/c1-17(2)8-4-3-7-15(17)16(21)20-12-6-10-18(14-20)9-5-11-19-13-18/h15,19H,3-14H2,1-2H3. The van der Waals surface area contributed by atoms with Crippen LogP contribution in [0.1, 0.15) is 65.2 Å². The van der Waals surface area contributed by atoms with Crippen LogP contribution in [0.5, 0.6) is 0 Å². The molecule has 1 amide bonds. The number of carbonyl (C=O) groups is 1. The summed E-state index contributed by atoms with van der Waals surface area (Å²) in [6, 6.07) is 0. The van der Waals surface area contributed by atoms with Crippen molar-refractivity contribution in [2.45, 2.75) is 65.2 Å². The Bertz CT molecular complexity index is 379. The number of rotatable bonds is 1. The minimum absolute atomic E-state index is 0.199. The Labute approximate surface area is 129 Å². The summed E-state index contributed by atoms with van der Waals surface area (Å²) in [5.74, 6) is 0.724. The molecule has 3 fully saturated rings. The maximum absolute atomic E-state index is 13.1. The molecule has 21 heavy (non-hydrogen) atoms. The molecule has 0 bridgehead atoms. The van der Waals surface area contributed by atoms with E-state index in [4.69, 9.17) is 0 Å². The predicted octanol–water partition coefficient (Wildman–Crippen LogP) is 3.20. The third-order valence-electron chi connectivity index (χ3n) is 6.34. The number of nitrogens with one attached hydrogen (secondary N) is 1. The highest BCUT2D eigenvalue weighted by atomic mass is 16.2. The van der Waals surface area contributed by atoms with Gasteiger partial charge in [-0.1, -0.05) is 26.7 Å². The molecule has 0 aromatic rings. The Morgan fingerprint density at radius 2 is 1.90 bits per heavy atom. The highest BCUT2D eigenvalue weighted by Gasteiger charge is 2.43. The number of carbonyl (C=O) groups excluding carboxylic acids is 1. The molecule has 1 spiro atoms. The number of piperidine rings is 2. The van der Waals surface area contributed by atoms with Crippen molar-refractivity contribution in [3.63, 3.8) is 0 Å². The summed E-state index contributed by atoms with van der Waals surface area (Å²) in [5.41, 5.74) is 0.579. The lowest BCUT2D eigenvalue weighted by Crippen LogP contribution is -2.55. The molecule has 3 rings (SSSR count). The lowest BCUT2D eigenvalue weighted by atomic mass is 9.67. The van der Waals surface area contributed by atoms with Crippen molar-refractivity contribution in [1.82, 2.24) is 10.2 Å². The molecule has 2 aliphatic heterocycles. The molecule has 1 saturated carbocycles. The molecule has 120 valence electrons. The Hall–Kier alpha value is -0.570. The van der Waals surface area contributed by atoms with Gasteiger partial charge in [-0.15, -0.1) is 0 Å². The first-order chi connectivity index (χ1) is 10.0. The molecule has 0 aromatic carbocycles. The van der Waals surface area contributed by atoms with Gasteiger partial charge in [-0.25, -0.2) is 0 Å². The first-order valence-corrected chi connectivity index (χ1v) is 9.02. The van der Waals surface area contributed by atoms with Crippen LogP contribution in [0.3, 0.4) is 0 Å². The highest BCUT2D eigenvalue weighted by molar-refractivity contribution is 5.80. The quantitative estimate of drug-likeness (QED) is 0.805. The van der Waals surface area contributed by atoms with Crippen LogP contribution in [0.15, 0.2) is 0 Å². The average molecular weight is 292 g/mol. The largest absolute Gasteiger partial charge is 0.342 e. The van der Waals surface area contributed by atoms with E-state index in [0.717, 1.165) is 32.6 Å². The fraction of sp³-hybridized carbons (Fsp3) is 0.944. The van der Waals surface area contributed by atoms with Crippen molar-refractivity contribution >= 4 is 5.91 Å². The molecule has 3 aliphatic rings. The summed E-state index contributed by atoms with van der Waals surface area (Å²) in [4.78, 5) is 15.3. The van der Waals surface area contributed by atoms with Crippen LogP contribution in [-0.4, -0.2) is 37.0 Å². The van der Waals surface area contributed by atoms with Crippen molar-refractivity contribution in [3.05, 3.63) is 0 Å². The van der Waals surface area contributed by atoms with E-state index >= 15 is 0 Å². The van der Waals surface area contributed by atoms with Gasteiger partial charge in [0.25, 0.3) is 0 Å². The van der Waals surface area contributed by atoms with E-state index in [1.165, 1.54) is 44.9 Å². The van der Waals surface area contributed by atoms with E-state index in [1.54, 1.807) is 0 Å². The highest BCUT2D eigenvalue weighted by Crippen LogP contribution is 2.43. The Morgan fingerprint density at radius 1 is 1.10 bits per heavy atom. The van der Waals surface area contributed by atoms with E-state index in [0.29, 0.717) is 11.3 Å². The predicted molar refractivity (Wildman–Crippen MR) is 86.1 cm³/mol. The van der Waals surface area contributed by atoms with Crippen LogP contribution < -0.4 is 5.32 Å². The zero-order valence-electron chi connectivity index (χ0n) is 13.9. The van der Waals surface area contributed by atoms with Crippen LogP contribution >= 0.6 is 0 Å². The second kappa shape index (κ2) is 5.91. The maximum Gasteiger partial charge on any atom is 0.226 e. The minimum Gasteiger partial charge on any atom is -0.342 e. The number of likely N-dealkylation sites (tertiary alicyclic amines) is 1. The fourth-order valence-electron chi connectivity index (χ4n) is 4.95.